The van der Waals surface area contributed by atoms with Crippen LogP contribution in [0, 0.1) is 11.6 Å². The van der Waals surface area contributed by atoms with Gasteiger partial charge in [0.1, 0.15) is 18.0 Å². The van der Waals surface area contributed by atoms with Crippen molar-refractivity contribution in [2.45, 2.75) is 19.4 Å². The van der Waals surface area contributed by atoms with E-state index in [1.54, 1.807) is 12.3 Å². The van der Waals surface area contributed by atoms with Gasteiger partial charge < -0.3 is 5.32 Å². The van der Waals surface area contributed by atoms with E-state index in [9.17, 15) is 8.78 Å². The highest BCUT2D eigenvalue weighted by molar-refractivity contribution is 5.21. The molecule has 19 heavy (non-hydrogen) atoms. The molecular weight excluding hydrogens is 248 g/mol. The molecule has 0 bridgehead atoms. The molecule has 2 rings (SSSR count). The number of halogens is 2. The summed E-state index contributed by atoms with van der Waals surface area (Å²) in [7, 11) is 0. The first kappa shape index (κ1) is 13.5. The number of nitrogens with zero attached hydrogens (tertiary/aromatic N) is 2. The summed E-state index contributed by atoms with van der Waals surface area (Å²) in [4.78, 5) is 8.03. The minimum atomic E-state index is -0.566. The molecule has 0 spiro atoms. The quantitative estimate of drug-likeness (QED) is 0.901. The number of likely N-dealkylation sites (N-methyl/N-ethyl adjacent to an activating group) is 1. The van der Waals surface area contributed by atoms with Crippen LogP contribution in [0.15, 0.2) is 36.8 Å². The molecule has 1 N–H and O–H groups in total. The predicted molar refractivity (Wildman–Crippen MR) is 68.5 cm³/mol. The van der Waals surface area contributed by atoms with Crippen molar-refractivity contribution in [3.8, 4) is 0 Å². The summed E-state index contributed by atoms with van der Waals surface area (Å²) in [6.07, 6.45) is 3.52. The predicted octanol–water partition coefficient (Wildman–Crippen LogP) is 2.65. The summed E-state index contributed by atoms with van der Waals surface area (Å²) in [5, 5.41) is 3.24. The normalized spacial score (nSPS) is 12.4. The van der Waals surface area contributed by atoms with Gasteiger partial charge in [0, 0.05) is 12.3 Å². The molecule has 0 aliphatic heterocycles. The van der Waals surface area contributed by atoms with Gasteiger partial charge >= 0.3 is 0 Å². The Bertz CT molecular complexity index is 531. The Morgan fingerprint density at radius 1 is 1.26 bits per heavy atom. The van der Waals surface area contributed by atoms with E-state index in [2.05, 4.69) is 15.3 Å². The van der Waals surface area contributed by atoms with Gasteiger partial charge in [-0.15, -0.1) is 0 Å². The van der Waals surface area contributed by atoms with Crippen LogP contribution in [0.5, 0.6) is 0 Å². The number of hydrogen-bond donors (Lipinski definition) is 1. The van der Waals surface area contributed by atoms with Crippen LogP contribution in [0.3, 0.4) is 0 Å². The molecule has 1 heterocycles. The standard InChI is InChI=1S/C14H15F2N3/c1-2-18-14(13-5-6-17-9-19-13)7-10-3-4-11(15)8-12(10)16/h3-6,8-9,14,18H,2,7H2,1H3. The van der Waals surface area contributed by atoms with Gasteiger partial charge in [0.05, 0.1) is 11.7 Å². The van der Waals surface area contributed by atoms with E-state index in [0.29, 0.717) is 12.0 Å². The number of benzene rings is 1. The minimum absolute atomic E-state index is 0.118. The fourth-order valence-corrected chi connectivity index (χ4v) is 1.94. The molecule has 2 aromatic rings. The SMILES string of the molecule is CCNC(Cc1ccc(F)cc1F)c1ccncn1. The number of aromatic nitrogens is 2. The Morgan fingerprint density at radius 3 is 2.74 bits per heavy atom. The third-order valence-corrected chi connectivity index (χ3v) is 2.85. The maximum atomic E-state index is 13.7. The van der Waals surface area contributed by atoms with Crippen LogP contribution in [0.25, 0.3) is 0 Å². The maximum absolute atomic E-state index is 13.7. The first-order valence-corrected chi connectivity index (χ1v) is 6.14. The molecule has 1 unspecified atom stereocenters. The summed E-state index contributed by atoms with van der Waals surface area (Å²) in [6.45, 7) is 2.70. The molecule has 0 radical (unpaired) electrons. The van der Waals surface area contributed by atoms with Gasteiger partial charge in [0.2, 0.25) is 0 Å². The molecule has 0 aliphatic rings. The summed E-state index contributed by atoms with van der Waals surface area (Å²) in [5.41, 5.74) is 1.26. The first-order chi connectivity index (χ1) is 9.20. The van der Waals surface area contributed by atoms with Gasteiger partial charge in [-0.3, -0.25) is 0 Å². The first-order valence-electron chi connectivity index (χ1n) is 6.14. The molecule has 100 valence electrons. The zero-order valence-corrected chi connectivity index (χ0v) is 10.6. The largest absolute Gasteiger partial charge is 0.309 e. The molecular formula is C14H15F2N3. The zero-order chi connectivity index (χ0) is 13.7. The lowest BCUT2D eigenvalue weighted by Crippen LogP contribution is -2.24. The summed E-state index contributed by atoms with van der Waals surface area (Å²) in [5.74, 6) is -1.10. The van der Waals surface area contributed by atoms with Crippen LogP contribution < -0.4 is 5.32 Å². The van der Waals surface area contributed by atoms with Crippen molar-refractivity contribution in [2.75, 3.05) is 6.54 Å². The molecule has 0 aliphatic carbocycles. The lowest BCUT2D eigenvalue weighted by molar-refractivity contribution is 0.511. The van der Waals surface area contributed by atoms with E-state index in [1.807, 2.05) is 6.92 Å². The molecule has 0 saturated carbocycles. The van der Waals surface area contributed by atoms with Gasteiger partial charge in [-0.2, -0.15) is 0 Å². The molecule has 1 atom stereocenters. The second-order valence-electron chi connectivity index (χ2n) is 4.18. The topological polar surface area (TPSA) is 37.8 Å². The third-order valence-electron chi connectivity index (χ3n) is 2.85. The highest BCUT2D eigenvalue weighted by Gasteiger charge is 2.15. The van der Waals surface area contributed by atoms with Crippen molar-refractivity contribution >= 4 is 0 Å². The van der Waals surface area contributed by atoms with Crippen LogP contribution >= 0.6 is 0 Å². The Balaban J connectivity index is 2.21. The van der Waals surface area contributed by atoms with Crippen LogP contribution in [0.1, 0.15) is 24.2 Å². The van der Waals surface area contributed by atoms with Crippen molar-refractivity contribution in [3.63, 3.8) is 0 Å². The Morgan fingerprint density at radius 2 is 2.11 bits per heavy atom. The van der Waals surface area contributed by atoms with E-state index in [0.717, 1.165) is 18.3 Å². The second kappa shape index (κ2) is 6.33. The number of hydrogen-bond acceptors (Lipinski definition) is 3. The van der Waals surface area contributed by atoms with Gasteiger partial charge in [0.25, 0.3) is 0 Å². The molecule has 3 nitrogen and oxygen atoms in total. The van der Waals surface area contributed by atoms with Crippen LogP contribution in [0.4, 0.5) is 8.78 Å². The summed E-state index contributed by atoms with van der Waals surface area (Å²) in [6, 6.07) is 5.30. The fourth-order valence-electron chi connectivity index (χ4n) is 1.94. The zero-order valence-electron chi connectivity index (χ0n) is 10.6. The number of rotatable bonds is 5. The van der Waals surface area contributed by atoms with E-state index < -0.39 is 11.6 Å². The molecule has 0 saturated heterocycles. The van der Waals surface area contributed by atoms with Crippen molar-refractivity contribution < 1.29 is 8.78 Å². The van der Waals surface area contributed by atoms with Crippen molar-refractivity contribution in [2.24, 2.45) is 0 Å². The molecule has 1 aromatic heterocycles. The summed E-state index contributed by atoms with van der Waals surface area (Å²) >= 11 is 0. The smallest absolute Gasteiger partial charge is 0.129 e. The molecule has 0 fully saturated rings. The average molecular weight is 263 g/mol. The van der Waals surface area contributed by atoms with Crippen molar-refractivity contribution in [1.29, 1.82) is 0 Å². The van der Waals surface area contributed by atoms with E-state index >= 15 is 0 Å². The van der Waals surface area contributed by atoms with Gasteiger partial charge in [-0.1, -0.05) is 13.0 Å². The average Bonchev–Trinajstić information content (AvgIpc) is 2.42. The van der Waals surface area contributed by atoms with Gasteiger partial charge in [-0.05, 0) is 30.7 Å². The highest BCUT2D eigenvalue weighted by Crippen LogP contribution is 2.19. The van der Waals surface area contributed by atoms with Crippen LogP contribution in [-0.2, 0) is 6.42 Å². The van der Waals surface area contributed by atoms with Gasteiger partial charge in [0.15, 0.2) is 0 Å². The van der Waals surface area contributed by atoms with E-state index in [1.165, 1.54) is 18.5 Å². The van der Waals surface area contributed by atoms with Crippen LogP contribution in [0.2, 0.25) is 0 Å². The Hall–Kier alpha value is -1.88. The van der Waals surface area contributed by atoms with E-state index in [-0.39, 0.29) is 6.04 Å². The Labute approximate surface area is 110 Å². The molecule has 5 heteroatoms. The lowest BCUT2D eigenvalue weighted by Gasteiger charge is -2.17. The minimum Gasteiger partial charge on any atom is -0.309 e. The third kappa shape index (κ3) is 3.54. The van der Waals surface area contributed by atoms with Crippen LogP contribution in [-0.4, -0.2) is 16.5 Å². The number of nitrogens with one attached hydrogen (secondary N) is 1. The fraction of sp³-hybridized carbons (Fsp3) is 0.286. The second-order valence-corrected chi connectivity index (χ2v) is 4.18. The van der Waals surface area contributed by atoms with Gasteiger partial charge in [-0.25, -0.2) is 18.7 Å². The lowest BCUT2D eigenvalue weighted by atomic mass is 10.0. The Kier molecular flexibility index (Phi) is 4.52. The summed E-state index contributed by atoms with van der Waals surface area (Å²) < 4.78 is 26.5. The molecule has 1 aromatic carbocycles. The molecule has 0 amide bonds. The highest BCUT2D eigenvalue weighted by atomic mass is 19.1. The van der Waals surface area contributed by atoms with E-state index in [4.69, 9.17) is 0 Å². The maximum Gasteiger partial charge on any atom is 0.129 e. The monoisotopic (exact) mass is 263 g/mol. The van der Waals surface area contributed by atoms with Crippen molar-refractivity contribution in [1.82, 2.24) is 15.3 Å². The van der Waals surface area contributed by atoms with Crippen molar-refractivity contribution in [3.05, 3.63) is 59.7 Å².